The number of imidazole rings is 1. The van der Waals surface area contributed by atoms with E-state index >= 15 is 0 Å². The summed E-state index contributed by atoms with van der Waals surface area (Å²) in [5, 5.41) is 0.386. The van der Waals surface area contributed by atoms with E-state index in [1.54, 1.807) is 31.4 Å². The van der Waals surface area contributed by atoms with E-state index in [4.69, 9.17) is 21.1 Å². The predicted octanol–water partition coefficient (Wildman–Crippen LogP) is 4.74. The van der Waals surface area contributed by atoms with Crippen molar-refractivity contribution in [2.24, 2.45) is 0 Å². The van der Waals surface area contributed by atoms with E-state index in [9.17, 15) is 8.42 Å². The van der Waals surface area contributed by atoms with Crippen LogP contribution in [-0.2, 0) is 10.0 Å². The number of methoxy groups -OCH3 is 1. The third kappa shape index (κ3) is 4.87. The SMILES string of the molecule is CCOc1cc(/C=C(\Cl)c2nc3ccc(S(=O)(=O)N(CC)CC)cc3[nH]2)ccc1OC. The van der Waals surface area contributed by atoms with Gasteiger partial charge in [0.05, 0.1) is 34.7 Å². The van der Waals surface area contributed by atoms with E-state index in [-0.39, 0.29) is 4.90 Å². The number of fused-ring (bicyclic) bond motifs is 1. The van der Waals surface area contributed by atoms with Gasteiger partial charge in [0.15, 0.2) is 11.5 Å². The van der Waals surface area contributed by atoms with Crippen molar-refractivity contribution in [2.75, 3.05) is 26.8 Å². The van der Waals surface area contributed by atoms with Gasteiger partial charge in [-0.25, -0.2) is 13.4 Å². The van der Waals surface area contributed by atoms with Crippen molar-refractivity contribution in [1.82, 2.24) is 14.3 Å². The van der Waals surface area contributed by atoms with Crippen LogP contribution >= 0.6 is 11.6 Å². The molecule has 0 aliphatic heterocycles. The first-order valence-corrected chi connectivity index (χ1v) is 11.8. The molecule has 1 N–H and O–H groups in total. The molecule has 0 saturated carbocycles. The number of aromatic amines is 1. The molecule has 9 heteroatoms. The van der Waals surface area contributed by atoms with Crippen LogP contribution in [0, 0.1) is 0 Å². The maximum atomic E-state index is 12.8. The molecular weight excluding hydrogens is 438 g/mol. The van der Waals surface area contributed by atoms with Crippen LogP contribution in [0.2, 0.25) is 0 Å². The van der Waals surface area contributed by atoms with Gasteiger partial charge in [-0.05, 0) is 48.9 Å². The summed E-state index contributed by atoms with van der Waals surface area (Å²) in [4.78, 5) is 7.82. The number of benzene rings is 2. The second kappa shape index (κ2) is 9.72. The van der Waals surface area contributed by atoms with Gasteiger partial charge in [-0.1, -0.05) is 31.5 Å². The first-order chi connectivity index (χ1) is 14.8. The molecular formula is C22H26ClN3O4S. The highest BCUT2D eigenvalue weighted by Crippen LogP contribution is 2.31. The number of hydrogen-bond acceptors (Lipinski definition) is 5. The number of halogens is 1. The van der Waals surface area contributed by atoms with Crippen LogP contribution in [0.25, 0.3) is 22.1 Å². The third-order valence-electron chi connectivity index (χ3n) is 4.80. The minimum Gasteiger partial charge on any atom is -0.493 e. The molecule has 0 spiro atoms. The molecule has 0 saturated heterocycles. The molecule has 3 aromatic rings. The number of aromatic nitrogens is 2. The van der Waals surface area contributed by atoms with Crippen LogP contribution in [0.3, 0.4) is 0 Å². The summed E-state index contributed by atoms with van der Waals surface area (Å²) in [5.41, 5.74) is 2.05. The van der Waals surface area contributed by atoms with Gasteiger partial charge >= 0.3 is 0 Å². The maximum absolute atomic E-state index is 12.8. The summed E-state index contributed by atoms with van der Waals surface area (Å²) in [6.45, 7) is 6.86. The number of sulfonamides is 1. The van der Waals surface area contributed by atoms with E-state index in [0.717, 1.165) is 5.56 Å². The summed E-state index contributed by atoms with van der Waals surface area (Å²) < 4.78 is 37.9. The number of hydrogen-bond donors (Lipinski definition) is 1. The molecule has 0 atom stereocenters. The number of H-pyrrole nitrogens is 1. The predicted molar refractivity (Wildman–Crippen MR) is 124 cm³/mol. The lowest BCUT2D eigenvalue weighted by Gasteiger charge is -2.18. The van der Waals surface area contributed by atoms with E-state index in [2.05, 4.69) is 9.97 Å². The Labute approximate surface area is 187 Å². The Morgan fingerprint density at radius 2 is 1.87 bits per heavy atom. The van der Waals surface area contributed by atoms with E-state index < -0.39 is 10.0 Å². The van der Waals surface area contributed by atoms with Crippen LogP contribution in [0.15, 0.2) is 41.3 Å². The number of nitrogens with one attached hydrogen (secondary N) is 1. The summed E-state index contributed by atoms with van der Waals surface area (Å²) in [6, 6.07) is 10.3. The smallest absolute Gasteiger partial charge is 0.243 e. The van der Waals surface area contributed by atoms with Crippen LogP contribution in [0.5, 0.6) is 11.5 Å². The Bertz CT molecular complexity index is 1200. The Hall–Kier alpha value is -2.55. The Balaban J connectivity index is 1.96. The molecule has 7 nitrogen and oxygen atoms in total. The lowest BCUT2D eigenvalue weighted by atomic mass is 10.2. The molecule has 1 aromatic heterocycles. The Kier molecular flexibility index (Phi) is 7.25. The molecule has 31 heavy (non-hydrogen) atoms. The maximum Gasteiger partial charge on any atom is 0.243 e. The van der Waals surface area contributed by atoms with Crippen molar-refractivity contribution in [1.29, 1.82) is 0 Å². The fraction of sp³-hybridized carbons (Fsp3) is 0.318. The topological polar surface area (TPSA) is 84.5 Å². The van der Waals surface area contributed by atoms with Gasteiger partial charge in [0.1, 0.15) is 5.82 Å². The van der Waals surface area contributed by atoms with E-state index in [1.165, 1.54) is 4.31 Å². The molecule has 0 fully saturated rings. The molecule has 0 aliphatic rings. The normalized spacial score (nSPS) is 12.5. The molecule has 3 rings (SSSR count). The molecule has 166 valence electrons. The highest BCUT2D eigenvalue weighted by molar-refractivity contribution is 7.89. The molecule has 0 amide bonds. The van der Waals surface area contributed by atoms with Crippen LogP contribution in [0.1, 0.15) is 32.2 Å². The van der Waals surface area contributed by atoms with Crippen molar-refractivity contribution in [3.8, 4) is 11.5 Å². The fourth-order valence-corrected chi connectivity index (χ4v) is 4.94. The van der Waals surface area contributed by atoms with Crippen molar-refractivity contribution in [2.45, 2.75) is 25.7 Å². The summed E-state index contributed by atoms with van der Waals surface area (Å²) in [7, 11) is -1.97. The second-order valence-electron chi connectivity index (χ2n) is 6.69. The third-order valence-corrected chi connectivity index (χ3v) is 7.14. The lowest BCUT2D eigenvalue weighted by Crippen LogP contribution is -2.30. The zero-order chi connectivity index (χ0) is 22.6. The average molecular weight is 464 g/mol. The zero-order valence-electron chi connectivity index (χ0n) is 18.0. The minimum atomic E-state index is -3.56. The monoisotopic (exact) mass is 463 g/mol. The van der Waals surface area contributed by atoms with Crippen molar-refractivity contribution in [3.63, 3.8) is 0 Å². The molecule has 1 heterocycles. The van der Waals surface area contributed by atoms with Gasteiger partial charge in [-0.15, -0.1) is 0 Å². The first kappa shape index (κ1) is 23.1. The van der Waals surface area contributed by atoms with Gasteiger partial charge in [-0.2, -0.15) is 4.31 Å². The van der Waals surface area contributed by atoms with Gasteiger partial charge in [0.25, 0.3) is 0 Å². The van der Waals surface area contributed by atoms with Gasteiger partial charge in [0.2, 0.25) is 10.0 Å². The highest BCUT2D eigenvalue weighted by atomic mass is 35.5. The van der Waals surface area contributed by atoms with Gasteiger partial charge < -0.3 is 14.5 Å². The van der Waals surface area contributed by atoms with E-state index in [0.29, 0.717) is 53.1 Å². The van der Waals surface area contributed by atoms with E-state index in [1.807, 2.05) is 39.0 Å². The zero-order valence-corrected chi connectivity index (χ0v) is 19.5. The second-order valence-corrected chi connectivity index (χ2v) is 9.03. The standard InChI is InChI=1S/C22H26ClN3O4S/c1-5-26(6-2)31(27,28)16-9-10-18-19(14-16)25-22(24-18)17(23)12-15-8-11-20(29-4)21(13-15)30-7-3/h8-14H,5-7H2,1-4H3,(H,24,25)/b17-12-. The minimum absolute atomic E-state index is 0.218. The quantitative estimate of drug-likeness (QED) is 0.495. The molecule has 2 aromatic carbocycles. The fourth-order valence-electron chi connectivity index (χ4n) is 3.24. The van der Waals surface area contributed by atoms with Crippen LogP contribution < -0.4 is 9.47 Å². The highest BCUT2D eigenvalue weighted by Gasteiger charge is 2.22. The van der Waals surface area contributed by atoms with Crippen LogP contribution in [0.4, 0.5) is 0 Å². The van der Waals surface area contributed by atoms with Gasteiger partial charge in [-0.3, -0.25) is 0 Å². The van der Waals surface area contributed by atoms with Crippen molar-refractivity contribution in [3.05, 3.63) is 47.8 Å². The Morgan fingerprint density at radius 1 is 1.13 bits per heavy atom. The number of nitrogens with zero attached hydrogens (tertiary/aromatic N) is 2. The summed E-state index contributed by atoms with van der Waals surface area (Å²) in [5.74, 6) is 1.71. The summed E-state index contributed by atoms with van der Waals surface area (Å²) in [6.07, 6.45) is 1.76. The largest absolute Gasteiger partial charge is 0.493 e. The van der Waals surface area contributed by atoms with Gasteiger partial charge in [0, 0.05) is 13.1 Å². The number of rotatable bonds is 9. The molecule has 0 radical (unpaired) electrons. The molecule has 0 bridgehead atoms. The molecule has 0 aliphatic carbocycles. The van der Waals surface area contributed by atoms with Crippen molar-refractivity contribution < 1.29 is 17.9 Å². The molecule has 0 unspecified atom stereocenters. The average Bonchev–Trinajstić information content (AvgIpc) is 3.18. The summed E-state index contributed by atoms with van der Waals surface area (Å²) >= 11 is 6.51. The van der Waals surface area contributed by atoms with Crippen LogP contribution in [-0.4, -0.2) is 49.5 Å². The first-order valence-electron chi connectivity index (χ1n) is 10.0. The van der Waals surface area contributed by atoms with Crippen molar-refractivity contribution >= 4 is 43.8 Å². The lowest BCUT2D eigenvalue weighted by molar-refractivity contribution is 0.311. The Morgan fingerprint density at radius 3 is 2.52 bits per heavy atom. The number of ether oxygens (including phenoxy) is 2.